The third-order valence-corrected chi connectivity index (χ3v) is 2.77. The Balaban J connectivity index is 2.19. The van der Waals surface area contributed by atoms with Crippen LogP contribution in [0.4, 0.5) is 10.1 Å². The number of nitrogens with zero attached hydrogens (tertiary/aromatic N) is 1. The molecular weight excluding hydrogens is 215 g/mol. The molecule has 0 atom stereocenters. The van der Waals surface area contributed by atoms with Gasteiger partial charge in [-0.1, -0.05) is 19.1 Å². The number of aromatic nitrogens is 1. The van der Waals surface area contributed by atoms with Crippen molar-refractivity contribution >= 4 is 5.69 Å². The van der Waals surface area contributed by atoms with Gasteiger partial charge >= 0.3 is 0 Å². The lowest BCUT2D eigenvalue weighted by Crippen LogP contribution is -1.98. The van der Waals surface area contributed by atoms with Gasteiger partial charge in [-0.2, -0.15) is 0 Å². The quantitative estimate of drug-likeness (QED) is 0.823. The maximum Gasteiger partial charge on any atom is 0.125 e. The van der Waals surface area contributed by atoms with E-state index in [4.69, 9.17) is 5.73 Å². The molecule has 2 rings (SSSR count). The molecule has 0 amide bonds. The van der Waals surface area contributed by atoms with Crippen molar-refractivity contribution in [2.45, 2.75) is 19.8 Å². The van der Waals surface area contributed by atoms with Crippen LogP contribution in [0.5, 0.6) is 0 Å². The topological polar surface area (TPSA) is 38.9 Å². The highest BCUT2D eigenvalue weighted by Crippen LogP contribution is 2.17. The highest BCUT2D eigenvalue weighted by atomic mass is 19.1. The van der Waals surface area contributed by atoms with E-state index in [2.05, 4.69) is 18.0 Å². The Morgan fingerprint density at radius 3 is 2.65 bits per heavy atom. The molecule has 0 unspecified atom stereocenters. The SMILES string of the molecule is CCc1ccc(Cc2ccc(F)cc2N)nc1. The molecule has 0 aliphatic heterocycles. The second-order valence-corrected chi connectivity index (χ2v) is 4.03. The summed E-state index contributed by atoms with van der Waals surface area (Å²) in [6, 6.07) is 8.52. The van der Waals surface area contributed by atoms with Gasteiger partial charge < -0.3 is 5.73 Å². The number of hydrogen-bond acceptors (Lipinski definition) is 2. The van der Waals surface area contributed by atoms with Crippen LogP contribution in [0, 0.1) is 5.82 Å². The molecule has 1 heterocycles. The Hall–Kier alpha value is -1.90. The van der Waals surface area contributed by atoms with Crippen LogP contribution < -0.4 is 5.73 Å². The number of nitrogen functional groups attached to an aromatic ring is 1. The maximum atomic E-state index is 12.9. The summed E-state index contributed by atoms with van der Waals surface area (Å²) in [5, 5.41) is 0. The van der Waals surface area contributed by atoms with E-state index in [1.165, 1.54) is 17.7 Å². The van der Waals surface area contributed by atoms with Crippen molar-refractivity contribution < 1.29 is 4.39 Å². The van der Waals surface area contributed by atoms with Gasteiger partial charge in [0.05, 0.1) is 0 Å². The van der Waals surface area contributed by atoms with Crippen molar-refractivity contribution in [1.29, 1.82) is 0 Å². The smallest absolute Gasteiger partial charge is 0.125 e. The summed E-state index contributed by atoms with van der Waals surface area (Å²) in [6.45, 7) is 2.09. The van der Waals surface area contributed by atoms with E-state index < -0.39 is 0 Å². The van der Waals surface area contributed by atoms with Crippen molar-refractivity contribution in [3.8, 4) is 0 Å². The number of hydrogen-bond donors (Lipinski definition) is 1. The lowest BCUT2D eigenvalue weighted by Gasteiger charge is -2.05. The third-order valence-electron chi connectivity index (χ3n) is 2.77. The number of halogens is 1. The minimum absolute atomic E-state index is 0.305. The molecule has 2 aromatic rings. The standard InChI is InChI=1S/C14H15FN2/c1-2-10-3-6-13(17-9-10)7-11-4-5-12(15)8-14(11)16/h3-6,8-9H,2,7,16H2,1H3. The zero-order valence-electron chi connectivity index (χ0n) is 9.78. The van der Waals surface area contributed by atoms with E-state index in [1.807, 2.05) is 12.3 Å². The molecule has 0 aliphatic rings. The zero-order chi connectivity index (χ0) is 12.3. The van der Waals surface area contributed by atoms with E-state index in [0.29, 0.717) is 12.1 Å². The van der Waals surface area contributed by atoms with Crippen LogP contribution in [-0.2, 0) is 12.8 Å². The zero-order valence-corrected chi connectivity index (χ0v) is 9.78. The molecule has 0 spiro atoms. The highest BCUT2D eigenvalue weighted by Gasteiger charge is 2.03. The van der Waals surface area contributed by atoms with E-state index in [9.17, 15) is 4.39 Å². The monoisotopic (exact) mass is 230 g/mol. The molecule has 2 N–H and O–H groups in total. The lowest BCUT2D eigenvalue weighted by atomic mass is 10.1. The second-order valence-electron chi connectivity index (χ2n) is 4.03. The van der Waals surface area contributed by atoms with Crippen molar-refractivity contribution in [2.75, 3.05) is 5.73 Å². The Kier molecular flexibility index (Phi) is 3.38. The fourth-order valence-electron chi connectivity index (χ4n) is 1.69. The first-order valence-corrected chi connectivity index (χ1v) is 5.66. The average Bonchev–Trinajstić information content (AvgIpc) is 2.34. The molecule has 0 saturated carbocycles. The minimum atomic E-state index is -0.305. The number of pyridine rings is 1. The van der Waals surface area contributed by atoms with Crippen molar-refractivity contribution in [3.05, 3.63) is 59.2 Å². The van der Waals surface area contributed by atoms with Crippen LogP contribution in [0.15, 0.2) is 36.5 Å². The number of anilines is 1. The van der Waals surface area contributed by atoms with E-state index in [0.717, 1.165) is 17.7 Å². The van der Waals surface area contributed by atoms with Gasteiger partial charge in [0, 0.05) is 24.0 Å². The summed E-state index contributed by atoms with van der Waals surface area (Å²) < 4.78 is 12.9. The summed E-state index contributed by atoms with van der Waals surface area (Å²) in [5.41, 5.74) is 9.30. The number of aryl methyl sites for hydroxylation is 1. The van der Waals surface area contributed by atoms with Gasteiger partial charge in [-0.3, -0.25) is 4.98 Å². The van der Waals surface area contributed by atoms with Gasteiger partial charge in [0.1, 0.15) is 5.82 Å². The predicted octanol–water partition coefficient (Wildman–Crippen LogP) is 2.96. The fourth-order valence-corrected chi connectivity index (χ4v) is 1.69. The normalized spacial score (nSPS) is 10.5. The van der Waals surface area contributed by atoms with Crippen LogP contribution >= 0.6 is 0 Å². The van der Waals surface area contributed by atoms with Crippen molar-refractivity contribution in [2.24, 2.45) is 0 Å². The largest absolute Gasteiger partial charge is 0.398 e. The molecule has 0 saturated heterocycles. The molecule has 88 valence electrons. The first-order chi connectivity index (χ1) is 8.19. The summed E-state index contributed by atoms with van der Waals surface area (Å²) in [7, 11) is 0. The first kappa shape index (κ1) is 11.6. The van der Waals surface area contributed by atoms with Crippen molar-refractivity contribution in [1.82, 2.24) is 4.98 Å². The molecule has 1 aromatic heterocycles. The molecule has 0 aliphatic carbocycles. The summed E-state index contributed by atoms with van der Waals surface area (Å²) in [4.78, 5) is 4.36. The van der Waals surface area contributed by atoms with Gasteiger partial charge in [-0.15, -0.1) is 0 Å². The van der Waals surface area contributed by atoms with Crippen LogP contribution in [0.3, 0.4) is 0 Å². The molecule has 2 nitrogen and oxygen atoms in total. The molecule has 17 heavy (non-hydrogen) atoms. The second kappa shape index (κ2) is 4.95. The molecule has 0 radical (unpaired) electrons. The summed E-state index contributed by atoms with van der Waals surface area (Å²) in [5.74, 6) is -0.305. The van der Waals surface area contributed by atoms with Crippen LogP contribution in [0.1, 0.15) is 23.7 Å². The Labute approximate surface area is 100 Å². The minimum Gasteiger partial charge on any atom is -0.398 e. The lowest BCUT2D eigenvalue weighted by molar-refractivity contribution is 0.628. The van der Waals surface area contributed by atoms with Gasteiger partial charge in [0.25, 0.3) is 0 Å². The molecule has 3 heteroatoms. The van der Waals surface area contributed by atoms with Gasteiger partial charge in [0.2, 0.25) is 0 Å². The summed E-state index contributed by atoms with van der Waals surface area (Å²) in [6.07, 6.45) is 3.48. The highest BCUT2D eigenvalue weighted by molar-refractivity contribution is 5.48. The Bertz CT molecular complexity index is 506. The summed E-state index contributed by atoms with van der Waals surface area (Å²) >= 11 is 0. The maximum absolute atomic E-state index is 12.9. The molecule has 1 aromatic carbocycles. The predicted molar refractivity (Wildman–Crippen MR) is 67.2 cm³/mol. The van der Waals surface area contributed by atoms with E-state index >= 15 is 0 Å². The fraction of sp³-hybridized carbons (Fsp3) is 0.214. The average molecular weight is 230 g/mol. The van der Waals surface area contributed by atoms with Gasteiger partial charge in [-0.25, -0.2) is 4.39 Å². The number of rotatable bonds is 3. The van der Waals surface area contributed by atoms with Crippen LogP contribution in [0.25, 0.3) is 0 Å². The third kappa shape index (κ3) is 2.81. The molecular formula is C14H15FN2. The van der Waals surface area contributed by atoms with Gasteiger partial charge in [-0.05, 0) is 35.7 Å². The van der Waals surface area contributed by atoms with E-state index in [1.54, 1.807) is 6.07 Å². The van der Waals surface area contributed by atoms with Crippen LogP contribution in [-0.4, -0.2) is 4.98 Å². The molecule has 0 bridgehead atoms. The van der Waals surface area contributed by atoms with E-state index in [-0.39, 0.29) is 5.82 Å². The van der Waals surface area contributed by atoms with Crippen LogP contribution in [0.2, 0.25) is 0 Å². The number of nitrogens with two attached hydrogens (primary N) is 1. The van der Waals surface area contributed by atoms with Crippen molar-refractivity contribution in [3.63, 3.8) is 0 Å². The van der Waals surface area contributed by atoms with Gasteiger partial charge in [0.15, 0.2) is 0 Å². The number of benzene rings is 1. The Morgan fingerprint density at radius 2 is 2.06 bits per heavy atom. The first-order valence-electron chi connectivity index (χ1n) is 5.66. The molecule has 0 fully saturated rings. The Morgan fingerprint density at radius 1 is 1.24 bits per heavy atom.